The van der Waals surface area contributed by atoms with Gasteiger partial charge in [-0.05, 0) is 49.2 Å². The second kappa shape index (κ2) is 10.7. The quantitative estimate of drug-likeness (QED) is 0.457. The van der Waals surface area contributed by atoms with Crippen LogP contribution in [0, 0.1) is 11.6 Å². The number of anilines is 1. The molecule has 0 radical (unpaired) electrons. The van der Waals surface area contributed by atoms with E-state index in [-0.39, 0.29) is 22.0 Å². The highest BCUT2D eigenvalue weighted by Gasteiger charge is 2.27. The van der Waals surface area contributed by atoms with Gasteiger partial charge in [0.25, 0.3) is 0 Å². The highest BCUT2D eigenvalue weighted by Crippen LogP contribution is 2.27. The fourth-order valence-electron chi connectivity index (χ4n) is 3.02. The lowest BCUT2D eigenvalue weighted by Crippen LogP contribution is -2.45. The Kier molecular flexibility index (Phi) is 8.01. The number of hydrogen-bond donors (Lipinski definition) is 2. The minimum atomic E-state index is -4.17. The molecule has 0 aliphatic heterocycles. The first kappa shape index (κ1) is 24.6. The van der Waals surface area contributed by atoms with Crippen molar-refractivity contribution in [2.45, 2.75) is 24.3 Å². The average molecular weight is 495 g/mol. The second-order valence-electron chi connectivity index (χ2n) is 7.01. The molecule has 1 unspecified atom stereocenters. The summed E-state index contributed by atoms with van der Waals surface area (Å²) in [4.78, 5) is 12.8. The van der Waals surface area contributed by atoms with E-state index in [1.54, 1.807) is 37.3 Å². The van der Waals surface area contributed by atoms with Gasteiger partial charge in [-0.3, -0.25) is 4.79 Å². The third kappa shape index (κ3) is 6.50. The van der Waals surface area contributed by atoms with Gasteiger partial charge in [-0.1, -0.05) is 41.9 Å². The number of hydrogen-bond acceptors (Lipinski definition) is 4. The molecule has 0 heterocycles. The molecule has 3 aromatic rings. The number of sulfonamides is 1. The van der Waals surface area contributed by atoms with Crippen molar-refractivity contribution in [2.24, 2.45) is 0 Å². The Morgan fingerprint density at radius 2 is 1.76 bits per heavy atom. The zero-order valence-corrected chi connectivity index (χ0v) is 19.1. The van der Waals surface area contributed by atoms with E-state index in [1.165, 1.54) is 24.3 Å². The van der Waals surface area contributed by atoms with Crippen LogP contribution in [0.15, 0.2) is 71.6 Å². The molecule has 0 spiro atoms. The number of halogens is 3. The smallest absolute Gasteiger partial charge is 0.242 e. The van der Waals surface area contributed by atoms with Gasteiger partial charge in [-0.15, -0.1) is 0 Å². The van der Waals surface area contributed by atoms with Crippen LogP contribution in [0.5, 0.6) is 5.75 Å². The second-order valence-corrected chi connectivity index (χ2v) is 9.13. The molecule has 0 saturated carbocycles. The van der Waals surface area contributed by atoms with Gasteiger partial charge >= 0.3 is 0 Å². The average Bonchev–Trinajstić information content (AvgIpc) is 2.78. The molecule has 0 saturated heterocycles. The first-order valence-corrected chi connectivity index (χ1v) is 11.8. The third-order valence-corrected chi connectivity index (χ3v) is 6.36. The fraction of sp³-hybridized carbons (Fsp3) is 0.174. The Morgan fingerprint density at radius 3 is 2.39 bits per heavy atom. The van der Waals surface area contributed by atoms with Crippen molar-refractivity contribution < 1.29 is 26.7 Å². The molecule has 33 heavy (non-hydrogen) atoms. The highest BCUT2D eigenvalue weighted by molar-refractivity contribution is 7.89. The van der Waals surface area contributed by atoms with E-state index in [4.69, 9.17) is 16.3 Å². The van der Waals surface area contributed by atoms with E-state index in [0.29, 0.717) is 17.9 Å². The highest BCUT2D eigenvalue weighted by atomic mass is 35.5. The first-order chi connectivity index (χ1) is 15.7. The predicted octanol–water partition coefficient (Wildman–Crippen LogP) is 4.55. The molecular formula is C23H21ClF2N2O4S. The van der Waals surface area contributed by atoms with Gasteiger partial charge in [0, 0.05) is 11.8 Å². The molecule has 2 N–H and O–H groups in total. The van der Waals surface area contributed by atoms with Gasteiger partial charge in [-0.25, -0.2) is 17.2 Å². The maximum atomic E-state index is 13.5. The van der Waals surface area contributed by atoms with E-state index in [0.717, 1.165) is 12.1 Å². The number of benzene rings is 3. The van der Waals surface area contributed by atoms with Gasteiger partial charge in [-0.2, -0.15) is 4.72 Å². The summed E-state index contributed by atoms with van der Waals surface area (Å²) in [5.41, 5.74) is 0.677. The van der Waals surface area contributed by atoms with Gasteiger partial charge in [0.05, 0.1) is 16.5 Å². The van der Waals surface area contributed by atoms with Crippen molar-refractivity contribution in [1.82, 2.24) is 4.72 Å². The summed E-state index contributed by atoms with van der Waals surface area (Å²) in [5, 5.41) is 2.53. The lowest BCUT2D eigenvalue weighted by atomic mass is 10.1. The summed E-state index contributed by atoms with van der Waals surface area (Å²) in [6.07, 6.45) is 0.0142. The summed E-state index contributed by atoms with van der Waals surface area (Å²) in [6.45, 7) is 2.12. The third-order valence-electron chi connectivity index (χ3n) is 4.60. The van der Waals surface area contributed by atoms with Crippen LogP contribution < -0.4 is 14.8 Å². The van der Waals surface area contributed by atoms with E-state index in [2.05, 4.69) is 10.0 Å². The van der Waals surface area contributed by atoms with E-state index in [9.17, 15) is 22.0 Å². The van der Waals surface area contributed by atoms with E-state index < -0.39 is 33.6 Å². The molecule has 0 fully saturated rings. The molecule has 3 aromatic carbocycles. The van der Waals surface area contributed by atoms with Gasteiger partial charge < -0.3 is 10.1 Å². The van der Waals surface area contributed by atoms with Crippen LogP contribution in [0.25, 0.3) is 0 Å². The Balaban J connectivity index is 1.87. The number of carbonyl (C=O) groups excluding carboxylic acids is 1. The molecule has 1 amide bonds. The van der Waals surface area contributed by atoms with Crippen LogP contribution in [0.2, 0.25) is 5.02 Å². The lowest BCUT2D eigenvalue weighted by molar-refractivity contribution is -0.117. The standard InChI is InChI=1S/C23H21ClF2N2O4S/c1-2-32-22-11-9-17(14-18(22)24)33(30,31)28-21(12-15-6-4-3-5-7-15)23(29)27-16-8-10-19(25)20(26)13-16/h3-11,13-14,21,28H,2,12H2,1H3,(H,27,29). The number of ether oxygens (including phenoxy) is 1. The number of carbonyl (C=O) groups is 1. The first-order valence-electron chi connectivity index (χ1n) is 9.94. The van der Waals surface area contributed by atoms with Crippen molar-refractivity contribution in [3.05, 3.63) is 89.0 Å². The Hall–Kier alpha value is -3.01. The maximum absolute atomic E-state index is 13.5. The maximum Gasteiger partial charge on any atom is 0.242 e. The molecule has 0 aliphatic carbocycles. The number of rotatable bonds is 9. The van der Waals surface area contributed by atoms with Crippen molar-refractivity contribution >= 4 is 33.2 Å². The molecule has 10 heteroatoms. The number of amides is 1. The van der Waals surface area contributed by atoms with Crippen LogP contribution in [-0.2, 0) is 21.2 Å². The zero-order valence-electron chi connectivity index (χ0n) is 17.5. The molecule has 6 nitrogen and oxygen atoms in total. The van der Waals surface area contributed by atoms with E-state index in [1.807, 2.05) is 0 Å². The molecule has 0 bridgehead atoms. The van der Waals surface area contributed by atoms with Crippen LogP contribution in [0.3, 0.4) is 0 Å². The van der Waals surface area contributed by atoms with Crippen LogP contribution in [-0.4, -0.2) is 27.0 Å². The van der Waals surface area contributed by atoms with E-state index >= 15 is 0 Å². The van der Waals surface area contributed by atoms with Crippen LogP contribution in [0.1, 0.15) is 12.5 Å². The summed E-state index contributed by atoms with van der Waals surface area (Å²) in [7, 11) is -4.17. The summed E-state index contributed by atoms with van der Waals surface area (Å²) >= 11 is 6.12. The largest absolute Gasteiger partial charge is 0.492 e. The Bertz CT molecular complexity index is 1240. The van der Waals surface area contributed by atoms with Crippen LogP contribution >= 0.6 is 11.6 Å². The van der Waals surface area contributed by atoms with Crippen molar-refractivity contribution in [3.63, 3.8) is 0 Å². The van der Waals surface area contributed by atoms with Crippen molar-refractivity contribution in [1.29, 1.82) is 0 Å². The minimum absolute atomic E-state index is 0.0136. The van der Waals surface area contributed by atoms with Gasteiger partial charge in [0.15, 0.2) is 11.6 Å². The van der Waals surface area contributed by atoms with Gasteiger partial charge in [0.1, 0.15) is 11.8 Å². The predicted molar refractivity (Wildman–Crippen MR) is 122 cm³/mol. The lowest BCUT2D eigenvalue weighted by Gasteiger charge is -2.19. The fourth-order valence-corrected chi connectivity index (χ4v) is 4.54. The topological polar surface area (TPSA) is 84.5 Å². The molecule has 1 atom stereocenters. The Labute approximate surface area is 195 Å². The number of nitrogens with one attached hydrogen (secondary N) is 2. The normalized spacial score (nSPS) is 12.2. The van der Waals surface area contributed by atoms with Gasteiger partial charge in [0.2, 0.25) is 15.9 Å². The van der Waals surface area contributed by atoms with Crippen molar-refractivity contribution in [2.75, 3.05) is 11.9 Å². The van der Waals surface area contributed by atoms with Crippen molar-refractivity contribution in [3.8, 4) is 5.75 Å². The van der Waals surface area contributed by atoms with Crippen LogP contribution in [0.4, 0.5) is 14.5 Å². The SMILES string of the molecule is CCOc1ccc(S(=O)(=O)NC(Cc2ccccc2)C(=O)Nc2ccc(F)c(F)c2)cc1Cl. The Morgan fingerprint density at radius 1 is 1.03 bits per heavy atom. The summed E-state index contributed by atoms with van der Waals surface area (Å²) in [5.74, 6) is -2.63. The molecular weight excluding hydrogens is 474 g/mol. The summed E-state index contributed by atoms with van der Waals surface area (Å²) in [6, 6.07) is 14.3. The summed E-state index contributed by atoms with van der Waals surface area (Å²) < 4.78 is 60.5. The molecule has 0 aromatic heterocycles. The molecule has 174 valence electrons. The zero-order chi connectivity index (χ0) is 24.0. The molecule has 0 aliphatic rings. The molecule has 3 rings (SSSR count). The minimum Gasteiger partial charge on any atom is -0.492 e. The monoisotopic (exact) mass is 494 g/mol.